The lowest BCUT2D eigenvalue weighted by Gasteiger charge is -2.12. The van der Waals surface area contributed by atoms with Crippen LogP contribution in [-0.4, -0.2) is 47.2 Å². The van der Waals surface area contributed by atoms with Crippen LogP contribution in [0.3, 0.4) is 0 Å². The topological polar surface area (TPSA) is 181 Å². The molecule has 0 radical (unpaired) electrons. The number of hydrogen-bond acceptors (Lipinski definition) is 7. The number of fused-ring (bicyclic) bond motifs is 1. The molecule has 0 spiro atoms. The number of nitrogens with two attached hydrogens (primary N) is 4. The van der Waals surface area contributed by atoms with Crippen LogP contribution in [-0.2, 0) is 6.42 Å². The normalized spacial score (nSPS) is 11.5. The monoisotopic (exact) mass is 524 g/mol. The summed E-state index contributed by atoms with van der Waals surface area (Å²) < 4.78 is 5.98. The summed E-state index contributed by atoms with van der Waals surface area (Å²) in [6.45, 7) is 3.24. The van der Waals surface area contributed by atoms with Gasteiger partial charge in [-0.1, -0.05) is 41.9 Å². The van der Waals surface area contributed by atoms with E-state index in [9.17, 15) is 4.79 Å². The van der Waals surface area contributed by atoms with Crippen LogP contribution in [0.1, 0.15) is 47.4 Å². The molecule has 0 amide bonds. The number of halogens is 1. The summed E-state index contributed by atoms with van der Waals surface area (Å²) in [5.74, 6) is 0.831. The molecule has 2 aromatic carbocycles. The highest BCUT2D eigenvalue weighted by molar-refractivity contribution is 6.30. The van der Waals surface area contributed by atoms with E-state index in [1.807, 2.05) is 18.2 Å². The summed E-state index contributed by atoms with van der Waals surface area (Å²) in [4.78, 5) is 28.8. The Morgan fingerprint density at radius 3 is 2.46 bits per heavy atom. The van der Waals surface area contributed by atoms with Crippen LogP contribution in [0.5, 0.6) is 5.75 Å². The van der Waals surface area contributed by atoms with E-state index in [2.05, 4.69) is 38.2 Å². The molecule has 0 aliphatic carbocycles. The smallest absolute Gasteiger partial charge is 0.192 e. The number of aryl methyl sites for hydroxylation is 2. The first-order chi connectivity index (χ1) is 17.8. The van der Waals surface area contributed by atoms with E-state index < -0.39 is 0 Å². The van der Waals surface area contributed by atoms with Crippen LogP contribution < -0.4 is 27.7 Å². The first kappa shape index (κ1) is 27.7. The van der Waals surface area contributed by atoms with E-state index in [1.165, 1.54) is 5.56 Å². The van der Waals surface area contributed by atoms with Crippen molar-refractivity contribution in [2.75, 3.05) is 25.4 Å². The van der Waals surface area contributed by atoms with Crippen molar-refractivity contribution in [2.45, 2.75) is 39.0 Å². The van der Waals surface area contributed by atoms with Gasteiger partial charge in [-0.3, -0.25) is 14.8 Å². The molecule has 0 unspecified atom stereocenters. The molecule has 1 heterocycles. The molecule has 3 aromatic rings. The van der Waals surface area contributed by atoms with Gasteiger partial charge >= 0.3 is 0 Å². The van der Waals surface area contributed by atoms with Crippen molar-refractivity contribution in [1.29, 1.82) is 0 Å². The largest absolute Gasteiger partial charge is 0.493 e. The molecule has 37 heavy (non-hydrogen) atoms. The van der Waals surface area contributed by atoms with Gasteiger partial charge in [-0.15, -0.1) is 0 Å². The number of rotatable bonds is 13. The fourth-order valence-electron chi connectivity index (χ4n) is 3.81. The maximum absolute atomic E-state index is 12.5. The number of aromatic nitrogens is 2. The SMILES string of the molecule is Cc1nc(N)c(C(=O)CC(N)=NCCCCc2ccc(OCCCN=C(N)N)c3ccccc23)nc1Cl. The second kappa shape index (κ2) is 13.4. The quantitative estimate of drug-likeness (QED) is 0.114. The van der Waals surface area contributed by atoms with Gasteiger partial charge in [-0.2, -0.15) is 0 Å². The van der Waals surface area contributed by atoms with Gasteiger partial charge < -0.3 is 27.7 Å². The van der Waals surface area contributed by atoms with Gasteiger partial charge in [0.15, 0.2) is 28.4 Å². The number of aliphatic imine (C=N–C) groups is 2. The van der Waals surface area contributed by atoms with E-state index >= 15 is 0 Å². The molecule has 10 nitrogen and oxygen atoms in total. The second-order valence-corrected chi connectivity index (χ2v) is 8.90. The first-order valence-electron chi connectivity index (χ1n) is 12.1. The average Bonchev–Trinajstić information content (AvgIpc) is 2.86. The van der Waals surface area contributed by atoms with Gasteiger partial charge in [0.25, 0.3) is 0 Å². The number of nitrogens with zero attached hydrogens (tertiary/aromatic N) is 4. The molecule has 8 N–H and O–H groups in total. The molecule has 0 saturated carbocycles. The lowest BCUT2D eigenvalue weighted by atomic mass is 9.99. The Morgan fingerprint density at radius 1 is 0.973 bits per heavy atom. The lowest BCUT2D eigenvalue weighted by Crippen LogP contribution is -2.23. The zero-order valence-electron chi connectivity index (χ0n) is 20.9. The summed E-state index contributed by atoms with van der Waals surface area (Å²) in [5, 5.41) is 2.37. The van der Waals surface area contributed by atoms with E-state index in [0.29, 0.717) is 25.4 Å². The number of Topliss-reactive ketones (excluding diaryl/α,β-unsaturated/α-hetero) is 1. The van der Waals surface area contributed by atoms with Crippen molar-refractivity contribution < 1.29 is 9.53 Å². The molecule has 0 saturated heterocycles. The number of hydrogen-bond donors (Lipinski definition) is 4. The van der Waals surface area contributed by atoms with E-state index in [-0.39, 0.29) is 40.7 Å². The zero-order chi connectivity index (χ0) is 26.8. The van der Waals surface area contributed by atoms with Crippen LogP contribution in [0.4, 0.5) is 5.82 Å². The van der Waals surface area contributed by atoms with Crippen molar-refractivity contribution in [2.24, 2.45) is 27.2 Å². The maximum Gasteiger partial charge on any atom is 0.192 e. The van der Waals surface area contributed by atoms with Crippen LogP contribution in [0.15, 0.2) is 46.4 Å². The fourth-order valence-corrected chi connectivity index (χ4v) is 3.93. The number of ether oxygens (including phenoxy) is 1. The third-order valence-corrected chi connectivity index (χ3v) is 6.00. The minimum atomic E-state index is -0.363. The summed E-state index contributed by atoms with van der Waals surface area (Å²) in [6, 6.07) is 12.3. The number of carbonyl (C=O) groups is 1. The predicted octanol–water partition coefficient (Wildman–Crippen LogP) is 3.17. The Hall–Kier alpha value is -3.92. The molecule has 0 atom stereocenters. The molecular weight excluding hydrogens is 492 g/mol. The van der Waals surface area contributed by atoms with Gasteiger partial charge in [-0.25, -0.2) is 9.97 Å². The van der Waals surface area contributed by atoms with Crippen molar-refractivity contribution in [3.63, 3.8) is 0 Å². The highest BCUT2D eigenvalue weighted by Crippen LogP contribution is 2.29. The van der Waals surface area contributed by atoms with Crippen molar-refractivity contribution >= 4 is 45.8 Å². The van der Waals surface area contributed by atoms with Crippen LogP contribution >= 0.6 is 11.6 Å². The summed E-state index contributed by atoms with van der Waals surface area (Å²) in [5.41, 5.74) is 24.2. The Morgan fingerprint density at radius 2 is 1.70 bits per heavy atom. The Balaban J connectivity index is 1.51. The molecule has 1 aromatic heterocycles. The average molecular weight is 525 g/mol. The number of nitrogen functional groups attached to an aromatic ring is 1. The minimum absolute atomic E-state index is 0.0156. The van der Waals surface area contributed by atoms with Crippen molar-refractivity contribution in [3.8, 4) is 5.75 Å². The van der Waals surface area contributed by atoms with E-state index in [0.717, 1.165) is 42.2 Å². The van der Waals surface area contributed by atoms with Gasteiger partial charge in [0, 0.05) is 24.9 Å². The molecule has 0 aliphatic heterocycles. The summed E-state index contributed by atoms with van der Waals surface area (Å²) in [6.07, 6.45) is 3.26. The highest BCUT2D eigenvalue weighted by Gasteiger charge is 2.16. The lowest BCUT2D eigenvalue weighted by molar-refractivity contribution is 0.0996. The third-order valence-electron chi connectivity index (χ3n) is 5.64. The highest BCUT2D eigenvalue weighted by atomic mass is 35.5. The Labute approximate surface area is 221 Å². The number of benzene rings is 2. The molecule has 11 heteroatoms. The zero-order valence-corrected chi connectivity index (χ0v) is 21.7. The molecule has 0 aliphatic rings. The number of amidine groups is 1. The molecule has 0 fully saturated rings. The van der Waals surface area contributed by atoms with Gasteiger partial charge in [0.05, 0.1) is 18.7 Å². The predicted molar refractivity (Wildman–Crippen MR) is 149 cm³/mol. The Bertz CT molecular complexity index is 1310. The standard InChI is InChI=1S/C26H33ClN8O2/c1-16-24(27)35-23(25(29)34-16)20(36)15-22(28)32-12-5-4-7-17-10-11-21(19-9-3-2-8-18(17)19)37-14-6-13-33-26(30)31/h2-3,8-11H,4-7,12-15H2,1H3,(H2,28,32)(H2,29,34)(H4,30,31,33). The van der Waals surface area contributed by atoms with Gasteiger partial charge in [-0.05, 0) is 43.2 Å². The molecular formula is C26H33ClN8O2. The maximum atomic E-state index is 12.5. The Kier molecular flexibility index (Phi) is 10.0. The minimum Gasteiger partial charge on any atom is -0.493 e. The van der Waals surface area contributed by atoms with E-state index in [4.69, 9.17) is 39.3 Å². The molecule has 3 rings (SSSR count). The second-order valence-electron chi connectivity index (χ2n) is 8.54. The first-order valence-corrected chi connectivity index (χ1v) is 12.4. The van der Waals surface area contributed by atoms with E-state index in [1.54, 1.807) is 6.92 Å². The number of carbonyl (C=O) groups excluding carboxylic acids is 1. The molecule has 0 bridgehead atoms. The van der Waals surface area contributed by atoms with Crippen molar-refractivity contribution in [3.05, 3.63) is 58.5 Å². The summed E-state index contributed by atoms with van der Waals surface area (Å²) in [7, 11) is 0. The molecule has 196 valence electrons. The number of anilines is 1. The fraction of sp³-hybridized carbons (Fsp3) is 0.346. The van der Waals surface area contributed by atoms with Gasteiger partial charge in [0.1, 0.15) is 11.6 Å². The summed E-state index contributed by atoms with van der Waals surface area (Å²) >= 11 is 5.96. The number of unbranched alkanes of at least 4 members (excludes halogenated alkanes) is 1. The number of ketones is 1. The number of guanidine groups is 1. The van der Waals surface area contributed by atoms with Crippen LogP contribution in [0, 0.1) is 6.92 Å². The van der Waals surface area contributed by atoms with Crippen molar-refractivity contribution in [1.82, 2.24) is 9.97 Å². The third kappa shape index (κ3) is 8.04. The van der Waals surface area contributed by atoms with Crippen LogP contribution in [0.2, 0.25) is 5.15 Å². The van der Waals surface area contributed by atoms with Gasteiger partial charge in [0.2, 0.25) is 0 Å². The van der Waals surface area contributed by atoms with Crippen LogP contribution in [0.25, 0.3) is 10.8 Å².